The normalized spacial score (nSPS) is 11.2. The molecule has 0 spiro atoms. The summed E-state index contributed by atoms with van der Waals surface area (Å²) in [5.41, 5.74) is 0. The standard InChI is InChI=1S/C12H26N2O4/c1-11(2)18-9-3-4-13-12(17)10-14(5-7-15)6-8-16/h11,15-16H,3-10H2,1-2H3,(H,13,17). The van der Waals surface area contributed by atoms with Crippen LogP contribution < -0.4 is 5.32 Å². The van der Waals surface area contributed by atoms with Gasteiger partial charge in [0, 0.05) is 26.2 Å². The molecule has 0 saturated heterocycles. The zero-order chi connectivity index (χ0) is 13.8. The number of carbonyl (C=O) groups excluding carboxylic acids is 1. The summed E-state index contributed by atoms with van der Waals surface area (Å²) in [6.07, 6.45) is 0.995. The molecule has 0 aromatic carbocycles. The van der Waals surface area contributed by atoms with Crippen LogP contribution in [0, 0.1) is 0 Å². The molecule has 0 bridgehead atoms. The van der Waals surface area contributed by atoms with Gasteiger partial charge in [-0.1, -0.05) is 0 Å². The van der Waals surface area contributed by atoms with Crippen LogP contribution in [0.2, 0.25) is 0 Å². The number of nitrogens with one attached hydrogen (secondary N) is 1. The molecule has 0 atom stereocenters. The van der Waals surface area contributed by atoms with E-state index in [9.17, 15) is 4.79 Å². The fourth-order valence-corrected chi connectivity index (χ4v) is 1.43. The van der Waals surface area contributed by atoms with E-state index in [0.717, 1.165) is 6.42 Å². The van der Waals surface area contributed by atoms with E-state index in [1.54, 1.807) is 4.90 Å². The van der Waals surface area contributed by atoms with Crippen molar-refractivity contribution in [2.45, 2.75) is 26.4 Å². The number of amides is 1. The lowest BCUT2D eigenvalue weighted by Gasteiger charge is -2.19. The van der Waals surface area contributed by atoms with Crippen LogP contribution in [0.15, 0.2) is 0 Å². The molecular weight excluding hydrogens is 236 g/mol. The average molecular weight is 262 g/mol. The van der Waals surface area contributed by atoms with Crippen molar-refractivity contribution in [2.75, 3.05) is 46.0 Å². The summed E-state index contributed by atoms with van der Waals surface area (Å²) in [4.78, 5) is 13.3. The van der Waals surface area contributed by atoms with Crippen molar-refractivity contribution in [3.05, 3.63) is 0 Å². The zero-order valence-electron chi connectivity index (χ0n) is 11.4. The fourth-order valence-electron chi connectivity index (χ4n) is 1.43. The number of aliphatic hydroxyl groups excluding tert-OH is 2. The minimum absolute atomic E-state index is 0.0183. The molecule has 0 aromatic rings. The van der Waals surface area contributed by atoms with Gasteiger partial charge < -0.3 is 20.3 Å². The molecule has 0 radical (unpaired) electrons. The maximum atomic E-state index is 11.5. The van der Waals surface area contributed by atoms with Crippen LogP contribution in [-0.4, -0.2) is 73.1 Å². The molecular formula is C12H26N2O4. The molecule has 0 rings (SSSR count). The Morgan fingerprint density at radius 1 is 1.28 bits per heavy atom. The Hall–Kier alpha value is -0.690. The SMILES string of the molecule is CC(C)OCCCNC(=O)CN(CCO)CCO. The van der Waals surface area contributed by atoms with Gasteiger partial charge in [0.2, 0.25) is 5.91 Å². The molecule has 6 heteroatoms. The first-order chi connectivity index (χ1) is 8.60. The molecule has 3 N–H and O–H groups in total. The lowest BCUT2D eigenvalue weighted by Crippen LogP contribution is -2.40. The molecule has 6 nitrogen and oxygen atoms in total. The van der Waals surface area contributed by atoms with Crippen molar-refractivity contribution < 1.29 is 19.7 Å². The van der Waals surface area contributed by atoms with Crippen LogP contribution in [-0.2, 0) is 9.53 Å². The second-order valence-electron chi connectivity index (χ2n) is 4.35. The Kier molecular flexibility index (Phi) is 11.0. The number of carbonyl (C=O) groups is 1. The largest absolute Gasteiger partial charge is 0.395 e. The van der Waals surface area contributed by atoms with E-state index in [-0.39, 0.29) is 31.8 Å². The predicted octanol–water partition coefficient (Wildman–Crippen LogP) is -0.796. The van der Waals surface area contributed by atoms with Crippen LogP contribution in [0.4, 0.5) is 0 Å². The van der Waals surface area contributed by atoms with Gasteiger partial charge in [0.05, 0.1) is 25.9 Å². The Morgan fingerprint density at radius 3 is 2.39 bits per heavy atom. The summed E-state index contributed by atoms with van der Waals surface area (Å²) in [5.74, 6) is -0.0959. The second kappa shape index (κ2) is 11.4. The lowest BCUT2D eigenvalue weighted by molar-refractivity contribution is -0.122. The van der Waals surface area contributed by atoms with Gasteiger partial charge in [0.25, 0.3) is 0 Å². The molecule has 0 aromatic heterocycles. The van der Waals surface area contributed by atoms with Gasteiger partial charge in [-0.25, -0.2) is 0 Å². The highest BCUT2D eigenvalue weighted by Crippen LogP contribution is 1.90. The average Bonchev–Trinajstić information content (AvgIpc) is 2.28. The second-order valence-corrected chi connectivity index (χ2v) is 4.35. The summed E-state index contributed by atoms with van der Waals surface area (Å²) in [6, 6.07) is 0. The van der Waals surface area contributed by atoms with Gasteiger partial charge in [0.1, 0.15) is 0 Å². The maximum absolute atomic E-state index is 11.5. The van der Waals surface area contributed by atoms with E-state index in [1.165, 1.54) is 0 Å². The lowest BCUT2D eigenvalue weighted by atomic mass is 10.4. The molecule has 0 aliphatic rings. The third-order valence-electron chi connectivity index (χ3n) is 2.29. The van der Waals surface area contributed by atoms with Crippen LogP contribution in [0.5, 0.6) is 0 Å². The number of nitrogens with zero attached hydrogens (tertiary/aromatic N) is 1. The van der Waals surface area contributed by atoms with Gasteiger partial charge in [-0.15, -0.1) is 0 Å². The highest BCUT2D eigenvalue weighted by Gasteiger charge is 2.08. The van der Waals surface area contributed by atoms with Crippen molar-refractivity contribution >= 4 is 5.91 Å². The summed E-state index contributed by atoms with van der Waals surface area (Å²) in [6.45, 7) is 6.11. The smallest absolute Gasteiger partial charge is 0.234 e. The molecule has 0 saturated carbocycles. The minimum Gasteiger partial charge on any atom is -0.395 e. The Labute approximate surface area is 109 Å². The number of hydrogen-bond donors (Lipinski definition) is 3. The molecule has 108 valence electrons. The molecule has 18 heavy (non-hydrogen) atoms. The van der Waals surface area contributed by atoms with Crippen molar-refractivity contribution in [3.8, 4) is 0 Å². The molecule has 0 heterocycles. The third kappa shape index (κ3) is 10.5. The van der Waals surface area contributed by atoms with Gasteiger partial charge in [-0.2, -0.15) is 0 Å². The number of hydrogen-bond acceptors (Lipinski definition) is 5. The molecule has 0 fully saturated rings. The van der Waals surface area contributed by atoms with E-state index in [1.807, 2.05) is 13.8 Å². The topological polar surface area (TPSA) is 82.0 Å². The van der Waals surface area contributed by atoms with E-state index in [0.29, 0.717) is 26.2 Å². The Morgan fingerprint density at radius 2 is 1.89 bits per heavy atom. The first-order valence-corrected chi connectivity index (χ1v) is 6.42. The molecule has 1 amide bonds. The molecule has 0 unspecified atom stereocenters. The van der Waals surface area contributed by atoms with Gasteiger partial charge in [0.15, 0.2) is 0 Å². The quantitative estimate of drug-likeness (QED) is 0.425. The van der Waals surface area contributed by atoms with Gasteiger partial charge in [-0.05, 0) is 20.3 Å². The van der Waals surface area contributed by atoms with Crippen LogP contribution in [0.25, 0.3) is 0 Å². The van der Waals surface area contributed by atoms with Crippen molar-refractivity contribution in [2.24, 2.45) is 0 Å². The fraction of sp³-hybridized carbons (Fsp3) is 0.917. The van der Waals surface area contributed by atoms with E-state index in [2.05, 4.69) is 5.32 Å². The summed E-state index contributed by atoms with van der Waals surface area (Å²) in [5, 5.41) is 20.4. The van der Waals surface area contributed by atoms with Crippen LogP contribution >= 0.6 is 0 Å². The Balaban J connectivity index is 3.61. The first-order valence-electron chi connectivity index (χ1n) is 6.42. The number of ether oxygens (including phenoxy) is 1. The number of aliphatic hydroxyl groups is 2. The highest BCUT2D eigenvalue weighted by molar-refractivity contribution is 5.77. The summed E-state index contributed by atoms with van der Waals surface area (Å²) >= 11 is 0. The minimum atomic E-state index is -0.0959. The van der Waals surface area contributed by atoms with E-state index < -0.39 is 0 Å². The summed E-state index contributed by atoms with van der Waals surface area (Å²) < 4.78 is 5.35. The molecule has 0 aliphatic carbocycles. The first kappa shape index (κ1) is 17.3. The predicted molar refractivity (Wildman–Crippen MR) is 69.3 cm³/mol. The van der Waals surface area contributed by atoms with Gasteiger partial charge in [-0.3, -0.25) is 9.69 Å². The van der Waals surface area contributed by atoms with Crippen molar-refractivity contribution in [1.29, 1.82) is 0 Å². The zero-order valence-corrected chi connectivity index (χ0v) is 11.4. The maximum Gasteiger partial charge on any atom is 0.234 e. The van der Waals surface area contributed by atoms with Crippen LogP contribution in [0.3, 0.4) is 0 Å². The Bertz CT molecular complexity index is 206. The number of rotatable bonds is 11. The third-order valence-corrected chi connectivity index (χ3v) is 2.29. The van der Waals surface area contributed by atoms with Crippen molar-refractivity contribution in [1.82, 2.24) is 10.2 Å². The molecule has 0 aliphatic heterocycles. The van der Waals surface area contributed by atoms with Crippen LogP contribution in [0.1, 0.15) is 20.3 Å². The highest BCUT2D eigenvalue weighted by atomic mass is 16.5. The van der Waals surface area contributed by atoms with E-state index in [4.69, 9.17) is 14.9 Å². The van der Waals surface area contributed by atoms with Crippen molar-refractivity contribution in [3.63, 3.8) is 0 Å². The monoisotopic (exact) mass is 262 g/mol. The summed E-state index contributed by atoms with van der Waals surface area (Å²) in [7, 11) is 0. The van der Waals surface area contributed by atoms with Gasteiger partial charge >= 0.3 is 0 Å². The van der Waals surface area contributed by atoms with E-state index >= 15 is 0 Å².